The molecule has 0 aliphatic carbocycles. The van der Waals surface area contributed by atoms with Crippen molar-refractivity contribution in [3.8, 4) is 0 Å². The second-order valence-corrected chi connectivity index (χ2v) is 10.7. The second-order valence-electron chi connectivity index (χ2n) is 8.77. The van der Waals surface area contributed by atoms with Crippen LogP contribution in [0.15, 0.2) is 47.9 Å². The fourth-order valence-corrected chi connectivity index (χ4v) is 6.30. The number of benzene rings is 2. The number of rotatable bonds is 8. The first-order chi connectivity index (χ1) is 16.9. The number of aromatic nitrogens is 2. The molecule has 2 N–H and O–H groups in total. The lowest BCUT2D eigenvalue weighted by molar-refractivity contribution is -0.120. The predicted octanol–water partition coefficient (Wildman–Crippen LogP) is 2.60. The molecule has 2 aliphatic rings. The van der Waals surface area contributed by atoms with E-state index in [-0.39, 0.29) is 23.4 Å². The van der Waals surface area contributed by atoms with Crippen LogP contribution in [-0.4, -0.2) is 67.9 Å². The SMILES string of the molecule is COCCCN1C(=O)c2cccc3c(NC(=O)C4CCCN(S(=O)(=O)c5cnc[nH]5)C4)ccc1c23. The van der Waals surface area contributed by atoms with Gasteiger partial charge in [0.2, 0.25) is 5.91 Å². The summed E-state index contributed by atoms with van der Waals surface area (Å²) in [6, 6.07) is 9.17. The van der Waals surface area contributed by atoms with Crippen molar-refractivity contribution in [2.24, 2.45) is 5.92 Å². The number of hydrogen-bond acceptors (Lipinski definition) is 6. The molecule has 0 bridgehead atoms. The van der Waals surface area contributed by atoms with Gasteiger partial charge in [-0.05, 0) is 37.5 Å². The number of amides is 2. The van der Waals surface area contributed by atoms with Gasteiger partial charge in [0.1, 0.15) is 0 Å². The molecule has 1 fully saturated rings. The minimum absolute atomic E-state index is 0.0192. The number of piperidine rings is 1. The average molecular weight is 498 g/mol. The summed E-state index contributed by atoms with van der Waals surface area (Å²) >= 11 is 0. The van der Waals surface area contributed by atoms with Crippen molar-refractivity contribution in [3.63, 3.8) is 0 Å². The summed E-state index contributed by atoms with van der Waals surface area (Å²) in [5, 5.41) is 4.62. The van der Waals surface area contributed by atoms with E-state index in [1.165, 1.54) is 16.8 Å². The highest BCUT2D eigenvalue weighted by atomic mass is 32.2. The van der Waals surface area contributed by atoms with Crippen LogP contribution in [0, 0.1) is 5.92 Å². The summed E-state index contributed by atoms with van der Waals surface area (Å²) in [5.41, 5.74) is 2.04. The minimum Gasteiger partial charge on any atom is -0.385 e. The lowest BCUT2D eigenvalue weighted by Crippen LogP contribution is -2.43. The summed E-state index contributed by atoms with van der Waals surface area (Å²) in [7, 11) is -2.10. The van der Waals surface area contributed by atoms with Crippen LogP contribution in [0.25, 0.3) is 10.8 Å². The molecule has 0 spiro atoms. The number of hydrogen-bond donors (Lipinski definition) is 2. The molecule has 11 heteroatoms. The summed E-state index contributed by atoms with van der Waals surface area (Å²) in [6.07, 6.45) is 4.48. The van der Waals surface area contributed by atoms with Gasteiger partial charge < -0.3 is 19.9 Å². The van der Waals surface area contributed by atoms with Crippen LogP contribution >= 0.6 is 0 Å². The Morgan fingerprint density at radius 3 is 2.91 bits per heavy atom. The van der Waals surface area contributed by atoms with Crippen LogP contribution in [0.5, 0.6) is 0 Å². The van der Waals surface area contributed by atoms with E-state index >= 15 is 0 Å². The molecule has 5 rings (SSSR count). The highest BCUT2D eigenvalue weighted by Gasteiger charge is 2.35. The Labute approximate surface area is 203 Å². The van der Waals surface area contributed by atoms with Crippen molar-refractivity contribution in [3.05, 3.63) is 48.4 Å². The Bertz CT molecular complexity index is 1370. The molecule has 35 heavy (non-hydrogen) atoms. The molecule has 0 radical (unpaired) electrons. The van der Waals surface area contributed by atoms with E-state index in [9.17, 15) is 18.0 Å². The zero-order valence-electron chi connectivity index (χ0n) is 19.4. The first kappa shape index (κ1) is 23.5. The Kier molecular flexibility index (Phi) is 6.30. The van der Waals surface area contributed by atoms with E-state index in [0.717, 1.165) is 22.9 Å². The van der Waals surface area contributed by atoms with Gasteiger partial charge in [0, 0.05) is 55.4 Å². The van der Waals surface area contributed by atoms with Gasteiger partial charge in [0.05, 0.1) is 24.1 Å². The van der Waals surface area contributed by atoms with Crippen LogP contribution in [0.4, 0.5) is 11.4 Å². The third kappa shape index (κ3) is 4.19. The summed E-state index contributed by atoms with van der Waals surface area (Å²) in [4.78, 5) is 34.4. The fourth-order valence-electron chi connectivity index (χ4n) is 4.88. The smallest absolute Gasteiger partial charge is 0.260 e. The van der Waals surface area contributed by atoms with Crippen molar-refractivity contribution < 1.29 is 22.7 Å². The Hall–Kier alpha value is -3.28. The van der Waals surface area contributed by atoms with Crippen molar-refractivity contribution in [1.82, 2.24) is 14.3 Å². The number of nitrogens with zero attached hydrogens (tertiary/aromatic N) is 3. The minimum atomic E-state index is -3.73. The van der Waals surface area contributed by atoms with Gasteiger partial charge in [-0.25, -0.2) is 13.4 Å². The van der Waals surface area contributed by atoms with Gasteiger partial charge in [-0.1, -0.05) is 12.1 Å². The molecule has 184 valence electrons. The monoisotopic (exact) mass is 497 g/mol. The number of anilines is 2. The number of carbonyl (C=O) groups is 2. The van der Waals surface area contributed by atoms with E-state index in [1.54, 1.807) is 18.1 Å². The van der Waals surface area contributed by atoms with Crippen LogP contribution in [0.2, 0.25) is 0 Å². The van der Waals surface area contributed by atoms with Crippen molar-refractivity contribution in [2.45, 2.75) is 24.3 Å². The van der Waals surface area contributed by atoms with E-state index < -0.39 is 15.9 Å². The predicted molar refractivity (Wildman–Crippen MR) is 131 cm³/mol. The summed E-state index contributed by atoms with van der Waals surface area (Å²) < 4.78 is 32.2. The number of methoxy groups -OCH3 is 1. The Balaban J connectivity index is 1.37. The van der Waals surface area contributed by atoms with Crippen molar-refractivity contribution in [1.29, 1.82) is 0 Å². The number of imidazole rings is 1. The van der Waals surface area contributed by atoms with Crippen LogP contribution in [0.3, 0.4) is 0 Å². The molecule has 0 saturated carbocycles. The normalized spacial score (nSPS) is 18.4. The Morgan fingerprint density at radius 2 is 2.14 bits per heavy atom. The maximum absolute atomic E-state index is 13.2. The molecular formula is C24H27N5O5S. The maximum atomic E-state index is 13.2. The van der Waals surface area contributed by atoms with Gasteiger partial charge in [-0.3, -0.25) is 9.59 Å². The van der Waals surface area contributed by atoms with E-state index in [1.807, 2.05) is 24.3 Å². The Morgan fingerprint density at radius 1 is 1.29 bits per heavy atom. The fraction of sp³-hybridized carbons (Fsp3) is 0.375. The van der Waals surface area contributed by atoms with Crippen LogP contribution < -0.4 is 10.2 Å². The number of carbonyl (C=O) groups excluding carboxylic acids is 2. The van der Waals surface area contributed by atoms with Crippen molar-refractivity contribution in [2.75, 3.05) is 43.6 Å². The van der Waals surface area contributed by atoms with Gasteiger partial charge in [-0.2, -0.15) is 4.31 Å². The lowest BCUT2D eigenvalue weighted by Gasteiger charge is -2.30. The molecule has 1 aromatic heterocycles. The van der Waals surface area contributed by atoms with E-state index in [4.69, 9.17) is 4.74 Å². The number of H-pyrrole nitrogens is 1. The number of aromatic amines is 1. The third-order valence-corrected chi connectivity index (χ3v) is 8.41. The van der Waals surface area contributed by atoms with Gasteiger partial charge >= 0.3 is 0 Å². The summed E-state index contributed by atoms with van der Waals surface area (Å²) in [5.74, 6) is -0.787. The first-order valence-corrected chi connectivity index (χ1v) is 13.0. The maximum Gasteiger partial charge on any atom is 0.260 e. The molecule has 3 aromatic rings. The number of sulfonamides is 1. The molecular weight excluding hydrogens is 470 g/mol. The zero-order chi connectivity index (χ0) is 24.6. The molecule has 3 heterocycles. The topological polar surface area (TPSA) is 125 Å². The molecule has 2 aliphatic heterocycles. The molecule has 10 nitrogen and oxygen atoms in total. The molecule has 1 saturated heterocycles. The highest BCUT2D eigenvalue weighted by molar-refractivity contribution is 7.89. The standard InChI is InChI=1S/C24H27N5O5S/c1-34-12-4-11-29-20-9-8-19(17-6-2-7-18(22(17)20)24(29)31)27-23(30)16-5-3-10-28(14-16)35(32,33)21-13-25-15-26-21/h2,6-9,13,15-16H,3-5,10-12,14H2,1H3,(H,25,26)(H,27,30). The van der Waals surface area contributed by atoms with Crippen LogP contribution in [0.1, 0.15) is 29.6 Å². The highest BCUT2D eigenvalue weighted by Crippen LogP contribution is 2.41. The van der Waals surface area contributed by atoms with Gasteiger partial charge in [0.15, 0.2) is 5.03 Å². The van der Waals surface area contributed by atoms with Gasteiger partial charge in [-0.15, -0.1) is 0 Å². The molecule has 2 aromatic carbocycles. The summed E-state index contributed by atoms with van der Waals surface area (Å²) in [6.45, 7) is 1.56. The van der Waals surface area contributed by atoms with E-state index in [2.05, 4.69) is 15.3 Å². The molecule has 1 unspecified atom stereocenters. The quantitative estimate of drug-likeness (QED) is 0.461. The van der Waals surface area contributed by atoms with E-state index in [0.29, 0.717) is 43.8 Å². The number of nitrogens with one attached hydrogen (secondary N) is 2. The first-order valence-electron chi connectivity index (χ1n) is 11.6. The third-order valence-electron chi connectivity index (χ3n) is 6.62. The molecule has 1 atom stereocenters. The lowest BCUT2D eigenvalue weighted by atomic mass is 9.98. The van der Waals surface area contributed by atoms with Crippen LogP contribution in [-0.2, 0) is 19.6 Å². The zero-order valence-corrected chi connectivity index (χ0v) is 20.2. The largest absolute Gasteiger partial charge is 0.385 e. The molecule has 2 amide bonds. The average Bonchev–Trinajstić information content (AvgIpc) is 3.51. The van der Waals surface area contributed by atoms with Gasteiger partial charge in [0.25, 0.3) is 15.9 Å². The van der Waals surface area contributed by atoms with Crippen molar-refractivity contribution >= 4 is 44.0 Å². The number of ether oxygens (including phenoxy) is 1. The second kappa shape index (κ2) is 9.40.